The third kappa shape index (κ3) is 4.86. The first kappa shape index (κ1) is 19.8. The normalized spacial score (nSPS) is 18.5. The van der Waals surface area contributed by atoms with Crippen LogP contribution in [0.1, 0.15) is 36.0 Å². The maximum absolute atomic E-state index is 13.4. The van der Waals surface area contributed by atoms with E-state index in [1.54, 1.807) is 18.2 Å². The number of carbonyl (C=O) groups excluding carboxylic acids is 2. The van der Waals surface area contributed by atoms with Gasteiger partial charge in [-0.25, -0.2) is 4.39 Å². The molecule has 4 N–H and O–H groups in total. The van der Waals surface area contributed by atoms with Gasteiger partial charge in [-0.2, -0.15) is 0 Å². The first-order chi connectivity index (χ1) is 13.5. The minimum absolute atomic E-state index is 0.0720. The van der Waals surface area contributed by atoms with E-state index in [0.29, 0.717) is 23.5 Å². The van der Waals surface area contributed by atoms with Crippen molar-refractivity contribution in [3.05, 3.63) is 53.8 Å². The molecule has 7 heteroatoms. The molecular weight excluding hydrogens is 361 g/mol. The molecule has 2 aromatic carbocycles. The molecule has 0 unspecified atom stereocenters. The summed E-state index contributed by atoms with van der Waals surface area (Å²) in [6.45, 7) is 0. The number of carbonyl (C=O) groups is 2. The molecule has 0 aliphatic heterocycles. The zero-order valence-corrected chi connectivity index (χ0v) is 15.7. The molecule has 1 saturated carbocycles. The van der Waals surface area contributed by atoms with Crippen LogP contribution >= 0.6 is 0 Å². The monoisotopic (exact) mass is 385 g/mol. The summed E-state index contributed by atoms with van der Waals surface area (Å²) in [7, 11) is 1.48. The lowest BCUT2D eigenvalue weighted by atomic mass is 10.00. The zero-order chi connectivity index (χ0) is 20.1. The van der Waals surface area contributed by atoms with Gasteiger partial charge in [0.25, 0.3) is 5.91 Å². The lowest BCUT2D eigenvalue weighted by molar-refractivity contribution is -0.117. The first-order valence-corrected chi connectivity index (χ1v) is 9.26. The number of amides is 2. The van der Waals surface area contributed by atoms with Crippen molar-refractivity contribution in [3.63, 3.8) is 0 Å². The lowest BCUT2D eigenvalue weighted by Gasteiger charge is -2.16. The fourth-order valence-electron chi connectivity index (χ4n) is 3.48. The molecule has 28 heavy (non-hydrogen) atoms. The average Bonchev–Trinajstić information content (AvgIpc) is 3.06. The number of hydrogen-bond donors (Lipinski definition) is 3. The maximum atomic E-state index is 13.4. The third-order valence-electron chi connectivity index (χ3n) is 4.98. The topological polar surface area (TPSA) is 93.4 Å². The Morgan fingerprint density at radius 3 is 2.68 bits per heavy atom. The Labute approximate surface area is 163 Å². The van der Waals surface area contributed by atoms with Gasteiger partial charge in [0.1, 0.15) is 11.6 Å². The summed E-state index contributed by atoms with van der Waals surface area (Å²) in [5.74, 6) is -0.454. The highest BCUT2D eigenvalue weighted by atomic mass is 19.1. The average molecular weight is 385 g/mol. The van der Waals surface area contributed by atoms with Crippen molar-refractivity contribution >= 4 is 23.2 Å². The number of benzene rings is 2. The molecule has 2 atom stereocenters. The van der Waals surface area contributed by atoms with Crippen molar-refractivity contribution in [2.75, 3.05) is 17.7 Å². The quantitative estimate of drug-likeness (QED) is 0.709. The van der Waals surface area contributed by atoms with Gasteiger partial charge in [-0.15, -0.1) is 0 Å². The Bertz CT molecular complexity index is 872. The van der Waals surface area contributed by atoms with E-state index in [-0.39, 0.29) is 23.4 Å². The minimum Gasteiger partial charge on any atom is -0.495 e. The Morgan fingerprint density at radius 2 is 2.00 bits per heavy atom. The van der Waals surface area contributed by atoms with Crippen LogP contribution < -0.4 is 21.1 Å². The lowest BCUT2D eigenvalue weighted by Crippen LogP contribution is -2.28. The molecule has 0 spiro atoms. The molecule has 1 fully saturated rings. The van der Waals surface area contributed by atoms with E-state index in [1.165, 1.54) is 25.3 Å². The summed E-state index contributed by atoms with van der Waals surface area (Å²) >= 11 is 0. The largest absolute Gasteiger partial charge is 0.495 e. The molecule has 6 nitrogen and oxygen atoms in total. The van der Waals surface area contributed by atoms with Crippen LogP contribution in [0.5, 0.6) is 5.75 Å². The first-order valence-electron chi connectivity index (χ1n) is 9.26. The van der Waals surface area contributed by atoms with Crippen LogP contribution in [0.3, 0.4) is 0 Å². The number of ether oxygens (including phenoxy) is 1. The van der Waals surface area contributed by atoms with Crippen molar-refractivity contribution in [2.45, 2.75) is 31.7 Å². The van der Waals surface area contributed by atoms with E-state index in [1.807, 2.05) is 0 Å². The fraction of sp³-hybridized carbons (Fsp3) is 0.333. The van der Waals surface area contributed by atoms with Crippen molar-refractivity contribution in [1.29, 1.82) is 0 Å². The second kappa shape index (κ2) is 8.84. The Hall–Kier alpha value is -2.93. The predicted octanol–water partition coefficient (Wildman–Crippen LogP) is 3.54. The van der Waals surface area contributed by atoms with E-state index < -0.39 is 11.7 Å². The highest BCUT2D eigenvalue weighted by Crippen LogP contribution is 2.30. The molecular formula is C21H24FN3O3. The summed E-state index contributed by atoms with van der Waals surface area (Å²) in [5.41, 5.74) is 7.14. The Morgan fingerprint density at radius 1 is 1.18 bits per heavy atom. The minimum atomic E-state index is -0.495. The summed E-state index contributed by atoms with van der Waals surface area (Å²) < 4.78 is 18.6. The summed E-state index contributed by atoms with van der Waals surface area (Å²) in [4.78, 5) is 24.7. The van der Waals surface area contributed by atoms with Gasteiger partial charge in [0.05, 0.1) is 12.8 Å². The second-order valence-electron chi connectivity index (χ2n) is 6.99. The van der Waals surface area contributed by atoms with Gasteiger partial charge in [-0.1, -0.05) is 12.5 Å². The van der Waals surface area contributed by atoms with Gasteiger partial charge in [-0.3, -0.25) is 9.59 Å². The van der Waals surface area contributed by atoms with Crippen molar-refractivity contribution in [1.82, 2.24) is 0 Å². The van der Waals surface area contributed by atoms with Gasteiger partial charge >= 0.3 is 0 Å². The Balaban J connectivity index is 1.70. The van der Waals surface area contributed by atoms with Gasteiger partial charge in [0, 0.05) is 23.7 Å². The number of hydrogen-bond acceptors (Lipinski definition) is 4. The van der Waals surface area contributed by atoms with Crippen LogP contribution in [0.25, 0.3) is 0 Å². The Kier molecular flexibility index (Phi) is 6.26. The molecule has 3 rings (SSSR count). The highest BCUT2D eigenvalue weighted by Gasteiger charge is 2.26. The molecule has 0 saturated heterocycles. The predicted molar refractivity (Wildman–Crippen MR) is 106 cm³/mol. The molecule has 2 aromatic rings. The standard InChI is InChI=1S/C21H24FN3O3/c1-28-19-9-8-16(24-20(26)11-13-4-3-7-17(13)23)12-18(19)25-21(27)14-5-2-6-15(22)10-14/h2,5-6,8-10,12-13,17H,3-4,7,11,23H2,1H3,(H,24,26)(H,25,27)/t13-,17+/m0/s1. The van der Waals surface area contributed by atoms with Crippen LogP contribution in [-0.4, -0.2) is 25.0 Å². The number of anilines is 2. The summed E-state index contributed by atoms with van der Waals surface area (Å²) in [6, 6.07) is 10.4. The zero-order valence-electron chi connectivity index (χ0n) is 15.7. The molecule has 2 amide bonds. The maximum Gasteiger partial charge on any atom is 0.255 e. The van der Waals surface area contributed by atoms with Gasteiger partial charge < -0.3 is 21.1 Å². The number of nitrogens with two attached hydrogens (primary N) is 1. The third-order valence-corrected chi connectivity index (χ3v) is 4.98. The second-order valence-corrected chi connectivity index (χ2v) is 6.99. The molecule has 0 bridgehead atoms. The van der Waals surface area contributed by atoms with Crippen LogP contribution in [0.2, 0.25) is 0 Å². The van der Waals surface area contributed by atoms with Crippen LogP contribution in [-0.2, 0) is 4.79 Å². The van der Waals surface area contributed by atoms with Crippen molar-refractivity contribution in [3.8, 4) is 5.75 Å². The van der Waals surface area contributed by atoms with Gasteiger partial charge in [0.2, 0.25) is 5.91 Å². The smallest absolute Gasteiger partial charge is 0.255 e. The van der Waals surface area contributed by atoms with E-state index in [2.05, 4.69) is 10.6 Å². The molecule has 0 radical (unpaired) electrons. The molecule has 148 valence electrons. The van der Waals surface area contributed by atoms with Crippen LogP contribution in [0.15, 0.2) is 42.5 Å². The van der Waals surface area contributed by atoms with E-state index in [0.717, 1.165) is 25.3 Å². The summed E-state index contributed by atoms with van der Waals surface area (Å²) in [5, 5.41) is 5.54. The van der Waals surface area contributed by atoms with Gasteiger partial charge in [-0.05, 0) is 55.2 Å². The van der Waals surface area contributed by atoms with Crippen LogP contribution in [0, 0.1) is 11.7 Å². The van der Waals surface area contributed by atoms with E-state index in [4.69, 9.17) is 10.5 Å². The highest BCUT2D eigenvalue weighted by molar-refractivity contribution is 6.05. The number of methoxy groups -OCH3 is 1. The van der Waals surface area contributed by atoms with E-state index >= 15 is 0 Å². The fourth-order valence-corrected chi connectivity index (χ4v) is 3.48. The van der Waals surface area contributed by atoms with Crippen molar-refractivity contribution < 1.29 is 18.7 Å². The molecule has 0 aromatic heterocycles. The number of rotatable bonds is 6. The SMILES string of the molecule is COc1ccc(NC(=O)C[C@@H]2CCC[C@H]2N)cc1NC(=O)c1cccc(F)c1. The summed E-state index contributed by atoms with van der Waals surface area (Å²) in [6.07, 6.45) is 3.35. The number of halogens is 1. The van der Waals surface area contributed by atoms with Crippen molar-refractivity contribution in [2.24, 2.45) is 11.7 Å². The number of nitrogens with one attached hydrogen (secondary N) is 2. The molecule has 1 aliphatic carbocycles. The molecule has 0 heterocycles. The van der Waals surface area contributed by atoms with Crippen LogP contribution in [0.4, 0.5) is 15.8 Å². The van der Waals surface area contributed by atoms with E-state index in [9.17, 15) is 14.0 Å². The van der Waals surface area contributed by atoms with Gasteiger partial charge in [0.15, 0.2) is 0 Å². The molecule has 1 aliphatic rings.